The molecule has 0 amide bonds. The van der Waals surface area contributed by atoms with Gasteiger partial charge >= 0.3 is 267 Å². The Morgan fingerprint density at radius 2 is 1.13 bits per heavy atom. The van der Waals surface area contributed by atoms with Crippen molar-refractivity contribution in [3.05, 3.63) is 106 Å². The van der Waals surface area contributed by atoms with Crippen molar-refractivity contribution in [2.24, 2.45) is 5.92 Å². The summed E-state index contributed by atoms with van der Waals surface area (Å²) in [4.78, 5) is 0. The fourth-order valence-electron chi connectivity index (χ4n) is 6.60. The van der Waals surface area contributed by atoms with E-state index in [1.807, 2.05) is 42.5 Å². The van der Waals surface area contributed by atoms with Gasteiger partial charge in [-0.25, -0.2) is 0 Å². The van der Waals surface area contributed by atoms with Gasteiger partial charge in [-0.05, 0) is 0 Å². The van der Waals surface area contributed by atoms with Crippen LogP contribution in [0, 0.1) is 5.92 Å². The summed E-state index contributed by atoms with van der Waals surface area (Å²) in [7, 11) is 5.07. The predicted molar refractivity (Wildman–Crippen MR) is 198 cm³/mol. The maximum absolute atomic E-state index is 11.8. The summed E-state index contributed by atoms with van der Waals surface area (Å²) in [6.07, 6.45) is 8.74. The Labute approximate surface area is 289 Å². The van der Waals surface area contributed by atoms with Crippen molar-refractivity contribution in [2.45, 2.75) is 97.3 Å². The Bertz CT molecular complexity index is 1220. The molecule has 5 nitrogen and oxygen atoms in total. The van der Waals surface area contributed by atoms with E-state index >= 15 is 0 Å². The molecule has 0 aliphatic rings. The maximum atomic E-state index is 11.8. The van der Waals surface area contributed by atoms with Crippen LogP contribution < -0.4 is 9.47 Å². The van der Waals surface area contributed by atoms with Gasteiger partial charge in [0, 0.05) is 0 Å². The number of unbranched alkanes of at least 4 members (excludes halogenated alkanes) is 3. The van der Waals surface area contributed by atoms with E-state index in [2.05, 4.69) is 74.3 Å². The average Bonchev–Trinajstić information content (AvgIpc) is 3.13. The minimum atomic E-state index is -2.55. The van der Waals surface area contributed by atoms with Crippen LogP contribution in [-0.4, -0.2) is 63.6 Å². The van der Waals surface area contributed by atoms with Crippen molar-refractivity contribution in [3.63, 3.8) is 0 Å². The Morgan fingerprint density at radius 3 is 1.53 bits per heavy atom. The number of hydrogen-bond donors (Lipinski definition) is 1. The second-order valence-electron chi connectivity index (χ2n) is 13.0. The molecule has 3 aromatic carbocycles. The summed E-state index contributed by atoms with van der Waals surface area (Å²) in [5.41, 5.74) is 2.02. The zero-order chi connectivity index (χ0) is 34.1. The van der Waals surface area contributed by atoms with E-state index in [4.69, 9.17) is 18.9 Å². The van der Waals surface area contributed by atoms with Gasteiger partial charge in [-0.15, -0.1) is 0 Å². The van der Waals surface area contributed by atoms with Crippen LogP contribution >= 0.6 is 0 Å². The molecule has 3 atom stereocenters. The number of ether oxygens (including phenoxy) is 4. The first-order valence-corrected chi connectivity index (χ1v) is 25.4. The summed E-state index contributed by atoms with van der Waals surface area (Å²) in [5.74, 6) is 1.36. The molecule has 258 valence electrons. The van der Waals surface area contributed by atoms with E-state index in [-0.39, 0.29) is 12.0 Å². The average molecular weight is 752 g/mol. The van der Waals surface area contributed by atoms with E-state index in [1.165, 1.54) is 51.8 Å². The molecular weight excluding hydrogens is 691 g/mol. The molecule has 0 aliphatic carbocycles. The van der Waals surface area contributed by atoms with E-state index in [9.17, 15) is 5.11 Å². The Morgan fingerprint density at radius 1 is 0.681 bits per heavy atom. The van der Waals surface area contributed by atoms with Gasteiger partial charge in [0.1, 0.15) is 0 Å². The second-order valence-corrected chi connectivity index (χ2v) is 26.0. The van der Waals surface area contributed by atoms with Crippen molar-refractivity contribution in [1.29, 1.82) is 0 Å². The van der Waals surface area contributed by atoms with Crippen LogP contribution in [0.4, 0.5) is 0 Å². The SMILES string of the molecule is CCC[CH2][Sn](/[CH]=C/[C@H](OC)[C@H](O)[C@@H](C)COC(c1ccccc1)(c1ccc(OC)cc1)c1ccc(OC)cc1)([CH2]CCC)[CH2]CCC. The third kappa shape index (κ3) is 10.6. The van der Waals surface area contributed by atoms with Gasteiger partial charge in [0.15, 0.2) is 0 Å². The molecule has 0 saturated carbocycles. The minimum absolute atomic E-state index is 0.198. The first-order chi connectivity index (χ1) is 22.8. The zero-order valence-electron chi connectivity index (χ0n) is 30.0. The molecule has 0 unspecified atom stereocenters. The number of methoxy groups -OCH3 is 3. The van der Waals surface area contributed by atoms with Crippen molar-refractivity contribution < 1.29 is 24.1 Å². The van der Waals surface area contributed by atoms with Crippen LogP contribution in [-0.2, 0) is 15.1 Å². The van der Waals surface area contributed by atoms with E-state index in [0.29, 0.717) is 6.61 Å². The molecule has 0 fully saturated rings. The van der Waals surface area contributed by atoms with Gasteiger partial charge in [0.25, 0.3) is 0 Å². The van der Waals surface area contributed by atoms with Gasteiger partial charge < -0.3 is 9.47 Å². The molecule has 3 rings (SSSR count). The molecule has 0 bridgehead atoms. The molecule has 6 heteroatoms. The normalized spacial score (nSPS) is 14.2. The molecular formula is C41H60O5Sn. The standard InChI is InChI=1S/C29H33O5.3C4H9.Sn/c1-6-27(33-5)28(30)21(2)20-34-29(22-10-8-7-9-11-22,23-12-16-25(31-3)17-13-23)24-14-18-26(32-4)19-15-24;3*1-3-4-2;/h1,6-19,21,27-28,30H,20H2,2-5H3;3*1,3-4H2,2H3;/t21-,27-,28+;;;;/m0..../s1. The van der Waals surface area contributed by atoms with E-state index in [1.54, 1.807) is 21.3 Å². The first-order valence-electron chi connectivity index (χ1n) is 17.7. The van der Waals surface area contributed by atoms with Crippen molar-refractivity contribution in [1.82, 2.24) is 0 Å². The van der Waals surface area contributed by atoms with Crippen molar-refractivity contribution in [2.75, 3.05) is 27.9 Å². The number of hydrogen-bond acceptors (Lipinski definition) is 5. The van der Waals surface area contributed by atoms with Crippen LogP contribution in [0.25, 0.3) is 0 Å². The summed E-state index contributed by atoms with van der Waals surface area (Å²) in [6, 6.07) is 26.4. The van der Waals surface area contributed by atoms with Crippen LogP contribution in [0.5, 0.6) is 11.5 Å². The third-order valence-corrected chi connectivity index (χ3v) is 23.8. The Kier molecular flexibility index (Phi) is 16.9. The molecule has 0 saturated heterocycles. The number of benzene rings is 3. The molecule has 0 aliphatic heterocycles. The summed E-state index contributed by atoms with van der Waals surface area (Å²) in [5, 5.41) is 11.8. The topological polar surface area (TPSA) is 57.2 Å². The molecule has 0 radical (unpaired) electrons. The molecule has 47 heavy (non-hydrogen) atoms. The van der Waals surface area contributed by atoms with Gasteiger partial charge in [-0.1, -0.05) is 0 Å². The van der Waals surface area contributed by atoms with Gasteiger partial charge in [0.2, 0.25) is 0 Å². The molecule has 3 aromatic rings. The van der Waals surface area contributed by atoms with Crippen LogP contribution in [0.3, 0.4) is 0 Å². The number of aliphatic hydroxyl groups excluding tert-OH is 1. The second kappa shape index (κ2) is 20.3. The van der Waals surface area contributed by atoms with Gasteiger partial charge in [0.05, 0.1) is 14.2 Å². The van der Waals surface area contributed by atoms with E-state index < -0.39 is 30.1 Å². The molecule has 1 N–H and O–H groups in total. The predicted octanol–water partition coefficient (Wildman–Crippen LogP) is 9.97. The van der Waals surface area contributed by atoms with E-state index in [0.717, 1.165) is 28.2 Å². The van der Waals surface area contributed by atoms with Crippen molar-refractivity contribution >= 4 is 18.4 Å². The molecule has 0 spiro atoms. The number of rotatable bonds is 22. The number of aliphatic hydroxyl groups is 1. The molecule has 0 aromatic heterocycles. The van der Waals surface area contributed by atoms with Crippen LogP contribution in [0.15, 0.2) is 89.0 Å². The first kappa shape index (κ1) is 39.1. The van der Waals surface area contributed by atoms with Crippen molar-refractivity contribution in [3.8, 4) is 11.5 Å². The monoisotopic (exact) mass is 752 g/mol. The summed E-state index contributed by atoms with van der Waals surface area (Å²) in [6.45, 7) is 9.28. The van der Waals surface area contributed by atoms with Crippen LogP contribution in [0.1, 0.15) is 82.9 Å². The quantitative estimate of drug-likeness (QED) is 0.0819. The Hall–Kier alpha value is -2.32. The third-order valence-electron chi connectivity index (χ3n) is 9.65. The molecule has 0 heterocycles. The summed E-state index contributed by atoms with van der Waals surface area (Å²) < 4.78 is 30.9. The van der Waals surface area contributed by atoms with Gasteiger partial charge in [-0.2, -0.15) is 0 Å². The summed E-state index contributed by atoms with van der Waals surface area (Å²) >= 11 is -2.55. The Balaban J connectivity index is 1.98. The fourth-order valence-corrected chi connectivity index (χ4v) is 20.9. The zero-order valence-corrected chi connectivity index (χ0v) is 32.9. The fraction of sp³-hybridized carbons (Fsp3) is 0.512. The van der Waals surface area contributed by atoms with Gasteiger partial charge in [-0.3, -0.25) is 0 Å². The van der Waals surface area contributed by atoms with Crippen LogP contribution in [0.2, 0.25) is 13.3 Å².